The molecule has 0 saturated heterocycles. The van der Waals surface area contributed by atoms with Gasteiger partial charge in [-0.05, 0) is 44.1 Å². The second-order valence-corrected chi connectivity index (χ2v) is 9.77. The molecule has 0 fully saturated rings. The summed E-state index contributed by atoms with van der Waals surface area (Å²) in [4.78, 5) is 4.71. The number of benzene rings is 2. The van der Waals surface area contributed by atoms with Gasteiger partial charge in [0.25, 0.3) is 0 Å². The van der Waals surface area contributed by atoms with Crippen molar-refractivity contribution in [2.45, 2.75) is 51.7 Å². The number of methoxy groups -OCH3 is 1. The summed E-state index contributed by atoms with van der Waals surface area (Å²) in [6.07, 6.45) is 3.04. The Bertz CT molecular complexity index is 767. The van der Waals surface area contributed by atoms with E-state index in [0.717, 1.165) is 12.2 Å². The number of hydrogen-bond donors (Lipinski definition) is 0. The fourth-order valence-corrected chi connectivity index (χ4v) is 4.38. The molecule has 2 atom stereocenters. The van der Waals surface area contributed by atoms with E-state index in [1.165, 1.54) is 16.4 Å². The van der Waals surface area contributed by atoms with Gasteiger partial charge in [-0.3, -0.25) is 4.99 Å². The van der Waals surface area contributed by atoms with Crippen LogP contribution in [0.5, 0.6) is 5.75 Å². The fourth-order valence-electron chi connectivity index (χ4n) is 2.80. The first kappa shape index (κ1) is 21.6. The van der Waals surface area contributed by atoms with Crippen molar-refractivity contribution in [1.82, 2.24) is 0 Å². The molecular weight excluding hydrogens is 353 g/mol. The molecule has 0 aromatic heterocycles. The minimum atomic E-state index is -0.0785. The molecule has 4 heteroatoms. The summed E-state index contributed by atoms with van der Waals surface area (Å²) in [6.45, 7) is 11.2. The highest BCUT2D eigenvalue weighted by Crippen LogP contribution is 2.47. The Morgan fingerprint density at radius 1 is 1.00 bits per heavy atom. The van der Waals surface area contributed by atoms with Gasteiger partial charge in [-0.1, -0.05) is 64.9 Å². The third-order valence-corrected chi connectivity index (χ3v) is 6.38. The predicted molar refractivity (Wildman–Crippen MR) is 118 cm³/mol. The van der Waals surface area contributed by atoms with Crippen molar-refractivity contribution in [3.63, 3.8) is 0 Å². The van der Waals surface area contributed by atoms with Gasteiger partial charge in [0.15, 0.2) is 6.79 Å². The Morgan fingerprint density at radius 2 is 1.67 bits per heavy atom. The minimum absolute atomic E-state index is 0.0178. The summed E-state index contributed by atoms with van der Waals surface area (Å²) in [7, 11) is 2.25. The maximum atomic E-state index is 5.85. The Balaban J connectivity index is 2.39. The molecule has 0 aliphatic heterocycles. The van der Waals surface area contributed by atoms with Crippen molar-refractivity contribution in [3.05, 3.63) is 59.7 Å². The lowest BCUT2D eigenvalue weighted by atomic mass is 9.96. The van der Waals surface area contributed by atoms with Gasteiger partial charge in [0, 0.05) is 24.0 Å². The van der Waals surface area contributed by atoms with E-state index in [-0.39, 0.29) is 17.5 Å². The second-order valence-electron chi connectivity index (χ2n) is 7.87. The Kier molecular flexibility index (Phi) is 7.59. The standard InChI is InChI=1S/C23H32NO2P/c1-7-23(5,19-13-9-10-14-20(19)26-17-25-6)27-21-15-11-8-12-18(21)16-24-22(2,3)4/h8-16,27H,7,17H2,1-6H3/b24-16+. The van der Waals surface area contributed by atoms with Gasteiger partial charge in [0.05, 0.1) is 5.54 Å². The Hall–Kier alpha value is -1.70. The third kappa shape index (κ3) is 6.16. The first-order valence-corrected chi connectivity index (χ1v) is 10.4. The van der Waals surface area contributed by atoms with E-state index in [1.54, 1.807) is 7.11 Å². The normalized spacial score (nSPS) is 14.7. The zero-order valence-electron chi connectivity index (χ0n) is 17.4. The molecule has 0 aliphatic rings. The first-order chi connectivity index (χ1) is 12.8. The van der Waals surface area contributed by atoms with Gasteiger partial charge in [-0.2, -0.15) is 0 Å². The molecule has 2 aromatic rings. The van der Waals surface area contributed by atoms with E-state index < -0.39 is 0 Å². The number of aliphatic imine (C=N–C) groups is 1. The lowest BCUT2D eigenvalue weighted by molar-refractivity contribution is 0.0500. The summed E-state index contributed by atoms with van der Waals surface area (Å²) >= 11 is 0. The third-order valence-electron chi connectivity index (χ3n) is 4.48. The highest BCUT2D eigenvalue weighted by atomic mass is 31.1. The SMILES string of the molecule is CCC(C)(Pc1ccccc1/C=N/C(C)(C)C)c1ccccc1OCOC. The Morgan fingerprint density at radius 3 is 2.33 bits per heavy atom. The van der Waals surface area contributed by atoms with Gasteiger partial charge in [0.1, 0.15) is 5.75 Å². The number of hydrogen-bond acceptors (Lipinski definition) is 3. The van der Waals surface area contributed by atoms with Crippen molar-refractivity contribution in [2.24, 2.45) is 4.99 Å². The largest absolute Gasteiger partial charge is 0.467 e. The summed E-state index contributed by atoms with van der Waals surface area (Å²) in [6, 6.07) is 16.9. The smallest absolute Gasteiger partial charge is 0.188 e. The fraction of sp³-hybridized carbons (Fsp3) is 0.435. The van der Waals surface area contributed by atoms with Crippen molar-refractivity contribution in [2.75, 3.05) is 13.9 Å². The van der Waals surface area contributed by atoms with E-state index in [0.29, 0.717) is 8.58 Å². The quantitative estimate of drug-likeness (QED) is 0.340. The van der Waals surface area contributed by atoms with Crippen LogP contribution in [0.25, 0.3) is 0 Å². The molecule has 0 heterocycles. The van der Waals surface area contributed by atoms with Crippen LogP contribution in [0.3, 0.4) is 0 Å². The van der Waals surface area contributed by atoms with Crippen molar-refractivity contribution >= 4 is 20.1 Å². The lowest BCUT2D eigenvalue weighted by Crippen LogP contribution is -2.21. The summed E-state index contributed by atoms with van der Waals surface area (Å²) in [5.41, 5.74) is 2.34. The molecule has 0 N–H and O–H groups in total. The molecular formula is C23H32NO2P. The zero-order valence-corrected chi connectivity index (χ0v) is 18.4. The van der Waals surface area contributed by atoms with Gasteiger partial charge in [0.2, 0.25) is 0 Å². The molecule has 2 rings (SSSR count). The predicted octanol–water partition coefficient (Wildman–Crippen LogP) is 5.52. The van der Waals surface area contributed by atoms with E-state index >= 15 is 0 Å². The molecule has 0 spiro atoms. The van der Waals surface area contributed by atoms with E-state index in [9.17, 15) is 0 Å². The summed E-state index contributed by atoms with van der Waals surface area (Å²) in [5.74, 6) is 0.900. The van der Waals surface area contributed by atoms with Gasteiger partial charge < -0.3 is 9.47 Å². The summed E-state index contributed by atoms with van der Waals surface area (Å²) in [5, 5.41) is 1.31. The molecule has 0 saturated carbocycles. The van der Waals surface area contributed by atoms with E-state index in [1.807, 2.05) is 18.3 Å². The highest BCUT2D eigenvalue weighted by molar-refractivity contribution is 7.48. The zero-order chi connectivity index (χ0) is 19.9. The molecule has 0 bridgehead atoms. The molecule has 0 aliphatic carbocycles. The van der Waals surface area contributed by atoms with E-state index in [4.69, 9.17) is 14.5 Å². The molecule has 2 aromatic carbocycles. The van der Waals surface area contributed by atoms with Crippen molar-refractivity contribution in [1.29, 1.82) is 0 Å². The van der Waals surface area contributed by atoms with Crippen LogP contribution in [-0.2, 0) is 9.89 Å². The molecule has 3 nitrogen and oxygen atoms in total. The molecule has 27 heavy (non-hydrogen) atoms. The molecule has 0 amide bonds. The van der Waals surface area contributed by atoms with Crippen LogP contribution >= 0.6 is 8.58 Å². The minimum Gasteiger partial charge on any atom is -0.467 e. The van der Waals surface area contributed by atoms with Crippen LogP contribution in [0.15, 0.2) is 53.5 Å². The van der Waals surface area contributed by atoms with Crippen LogP contribution in [0, 0.1) is 0 Å². The molecule has 146 valence electrons. The first-order valence-electron chi connectivity index (χ1n) is 9.43. The average molecular weight is 385 g/mol. The van der Waals surface area contributed by atoms with Crippen LogP contribution < -0.4 is 10.0 Å². The second kappa shape index (κ2) is 9.48. The maximum absolute atomic E-state index is 5.85. The molecule has 0 radical (unpaired) electrons. The van der Waals surface area contributed by atoms with Crippen molar-refractivity contribution in [3.8, 4) is 5.75 Å². The highest BCUT2D eigenvalue weighted by Gasteiger charge is 2.29. The van der Waals surface area contributed by atoms with Crippen molar-refractivity contribution < 1.29 is 9.47 Å². The monoisotopic (exact) mass is 385 g/mol. The Labute approximate surface area is 166 Å². The van der Waals surface area contributed by atoms with Crippen LogP contribution in [0.4, 0.5) is 0 Å². The maximum Gasteiger partial charge on any atom is 0.188 e. The average Bonchev–Trinajstić information content (AvgIpc) is 2.65. The molecule has 2 unspecified atom stereocenters. The summed E-state index contributed by atoms with van der Waals surface area (Å²) < 4.78 is 11.0. The van der Waals surface area contributed by atoms with E-state index in [2.05, 4.69) is 71.0 Å². The topological polar surface area (TPSA) is 30.8 Å². The van der Waals surface area contributed by atoms with Gasteiger partial charge in [-0.15, -0.1) is 0 Å². The number of para-hydroxylation sites is 1. The lowest BCUT2D eigenvalue weighted by Gasteiger charge is -2.31. The van der Waals surface area contributed by atoms with Crippen LogP contribution in [0.2, 0.25) is 0 Å². The number of ether oxygens (including phenoxy) is 2. The van der Waals surface area contributed by atoms with Crippen LogP contribution in [-0.4, -0.2) is 25.7 Å². The number of rotatable bonds is 8. The van der Waals surface area contributed by atoms with Crippen LogP contribution in [0.1, 0.15) is 52.2 Å². The number of nitrogens with zero attached hydrogens (tertiary/aromatic N) is 1. The van der Waals surface area contributed by atoms with Gasteiger partial charge in [-0.25, -0.2) is 0 Å². The van der Waals surface area contributed by atoms with Gasteiger partial charge >= 0.3 is 0 Å².